The lowest BCUT2D eigenvalue weighted by Crippen LogP contribution is -2.39. The lowest BCUT2D eigenvalue weighted by atomic mass is 9.99. The van der Waals surface area contributed by atoms with Crippen LogP contribution in [0.25, 0.3) is 0 Å². The van der Waals surface area contributed by atoms with Crippen molar-refractivity contribution in [3.8, 4) is 5.75 Å². The number of sulfonamides is 1. The molecule has 10 heteroatoms. The van der Waals surface area contributed by atoms with Crippen molar-refractivity contribution < 1.29 is 23.1 Å². The van der Waals surface area contributed by atoms with Crippen LogP contribution in [0.5, 0.6) is 5.75 Å². The minimum Gasteiger partial charge on any atom is -0.497 e. The zero-order chi connectivity index (χ0) is 23.5. The fourth-order valence-electron chi connectivity index (χ4n) is 3.17. The number of halogens is 2. The minimum absolute atomic E-state index is 0.0310. The van der Waals surface area contributed by atoms with Gasteiger partial charge in [0, 0.05) is 27.2 Å². The summed E-state index contributed by atoms with van der Waals surface area (Å²) in [6.07, 6.45) is -1.33. The van der Waals surface area contributed by atoms with Gasteiger partial charge in [0.15, 0.2) is 0 Å². The van der Waals surface area contributed by atoms with E-state index >= 15 is 0 Å². The second-order valence-corrected chi connectivity index (χ2v) is 9.49. The molecule has 3 rings (SSSR count). The third-order valence-electron chi connectivity index (χ3n) is 4.68. The van der Waals surface area contributed by atoms with E-state index in [4.69, 9.17) is 33.7 Å². The molecule has 0 radical (unpaired) electrons. The fourth-order valence-corrected chi connectivity index (χ4v) is 5.08. The van der Waals surface area contributed by atoms with Gasteiger partial charge in [0.25, 0.3) is 10.0 Å². The smallest absolute Gasteiger partial charge is 0.264 e. The van der Waals surface area contributed by atoms with Crippen LogP contribution < -0.4 is 14.8 Å². The Hall–Kier alpha value is -2.78. The number of methoxy groups -OCH3 is 1. The summed E-state index contributed by atoms with van der Waals surface area (Å²) in [6.45, 7) is -0.663. The highest BCUT2D eigenvalue weighted by Gasteiger charge is 2.31. The molecule has 0 aliphatic rings. The van der Waals surface area contributed by atoms with Crippen molar-refractivity contribution in [3.63, 3.8) is 0 Å². The van der Waals surface area contributed by atoms with E-state index < -0.39 is 28.6 Å². The lowest BCUT2D eigenvalue weighted by Gasteiger charge is -2.27. The number of carbonyl (C=O) groups excluding carboxylic acids is 1. The van der Waals surface area contributed by atoms with Gasteiger partial charge in [-0.05, 0) is 36.4 Å². The summed E-state index contributed by atoms with van der Waals surface area (Å²) in [7, 11) is -2.87. The minimum atomic E-state index is -4.28. The fraction of sp³-hybridized carbons (Fsp3) is 0.136. The summed E-state index contributed by atoms with van der Waals surface area (Å²) in [6, 6.07) is 16.6. The number of aliphatic hydroxyl groups is 1. The average Bonchev–Trinajstić information content (AvgIpc) is 2.77. The lowest BCUT2D eigenvalue weighted by molar-refractivity contribution is -0.116. The van der Waals surface area contributed by atoms with Crippen LogP contribution >= 0.6 is 23.2 Å². The van der Waals surface area contributed by atoms with E-state index in [0.29, 0.717) is 11.3 Å². The predicted molar refractivity (Wildman–Crippen MR) is 124 cm³/mol. The molecule has 7 nitrogen and oxygen atoms in total. The number of benzene rings is 3. The Morgan fingerprint density at radius 3 is 2.44 bits per heavy atom. The van der Waals surface area contributed by atoms with Crippen LogP contribution in [0.15, 0.2) is 71.6 Å². The Morgan fingerprint density at radius 2 is 1.78 bits per heavy atom. The number of aliphatic hydroxyl groups excluding tert-OH is 1. The number of nitrogens with zero attached hydrogens (tertiary/aromatic N) is 1. The van der Waals surface area contributed by atoms with Crippen molar-refractivity contribution >= 4 is 44.8 Å². The van der Waals surface area contributed by atoms with Crippen LogP contribution in [0, 0.1) is 0 Å². The molecule has 1 unspecified atom stereocenters. The monoisotopic (exact) mass is 494 g/mol. The molecule has 3 aromatic rings. The molecule has 0 bridgehead atoms. The van der Waals surface area contributed by atoms with E-state index in [1.807, 2.05) is 0 Å². The van der Waals surface area contributed by atoms with Crippen molar-refractivity contribution in [2.24, 2.45) is 5.73 Å². The van der Waals surface area contributed by atoms with E-state index in [0.717, 1.165) is 4.31 Å². The first-order chi connectivity index (χ1) is 15.1. The number of carbonyl (C=O) groups is 1. The predicted octanol–water partition coefficient (Wildman–Crippen LogP) is 3.76. The van der Waals surface area contributed by atoms with Crippen LogP contribution in [0.3, 0.4) is 0 Å². The molecule has 3 N–H and O–H groups in total. The number of hydrogen-bond acceptors (Lipinski definition) is 5. The summed E-state index contributed by atoms with van der Waals surface area (Å²) < 4.78 is 33.0. The molecule has 3 aromatic carbocycles. The van der Waals surface area contributed by atoms with Crippen LogP contribution in [-0.4, -0.2) is 33.1 Å². The van der Waals surface area contributed by atoms with E-state index in [1.54, 1.807) is 30.3 Å². The SMILES string of the molecule is COc1cccc(S(=O)(=O)N(CC(N)=O)c2ccc(Cl)cc2C(O)c2ccccc2Cl)c1. The Balaban J connectivity index is 2.21. The molecule has 0 aromatic heterocycles. The molecule has 0 saturated carbocycles. The normalized spacial score (nSPS) is 12.2. The molecule has 0 aliphatic carbocycles. The zero-order valence-electron chi connectivity index (χ0n) is 16.9. The molecule has 1 atom stereocenters. The van der Waals surface area contributed by atoms with E-state index in [2.05, 4.69) is 0 Å². The van der Waals surface area contributed by atoms with Crippen molar-refractivity contribution in [1.82, 2.24) is 0 Å². The maximum atomic E-state index is 13.5. The molecular formula is C22H20Cl2N2O5S. The topological polar surface area (TPSA) is 110 Å². The number of nitrogens with two attached hydrogens (primary N) is 1. The summed E-state index contributed by atoms with van der Waals surface area (Å²) in [5.41, 5.74) is 5.88. The average molecular weight is 495 g/mol. The second-order valence-electron chi connectivity index (χ2n) is 6.78. The highest BCUT2D eigenvalue weighted by atomic mass is 35.5. The van der Waals surface area contributed by atoms with Crippen molar-refractivity contribution in [2.75, 3.05) is 18.0 Å². The van der Waals surface area contributed by atoms with Crippen molar-refractivity contribution in [2.45, 2.75) is 11.0 Å². The number of rotatable bonds is 8. The van der Waals surface area contributed by atoms with Gasteiger partial charge in [0.1, 0.15) is 18.4 Å². The Kier molecular flexibility index (Phi) is 7.30. The van der Waals surface area contributed by atoms with Crippen LogP contribution in [0.1, 0.15) is 17.2 Å². The van der Waals surface area contributed by atoms with Gasteiger partial charge < -0.3 is 15.6 Å². The maximum Gasteiger partial charge on any atom is 0.264 e. The van der Waals surface area contributed by atoms with Gasteiger partial charge >= 0.3 is 0 Å². The van der Waals surface area contributed by atoms with Crippen molar-refractivity contribution in [3.05, 3.63) is 87.9 Å². The standard InChI is InChI=1S/C22H20Cl2N2O5S/c1-31-15-5-4-6-16(12-15)32(29,30)26(13-21(25)27)20-10-9-14(23)11-18(20)22(28)17-7-2-3-8-19(17)24/h2-12,22,28H,13H2,1H3,(H2,25,27). The molecule has 0 heterocycles. The van der Waals surface area contributed by atoms with Gasteiger partial charge in [-0.3, -0.25) is 9.10 Å². The molecule has 0 saturated heterocycles. The van der Waals surface area contributed by atoms with Crippen molar-refractivity contribution in [1.29, 1.82) is 0 Å². The maximum absolute atomic E-state index is 13.5. The molecule has 1 amide bonds. The highest BCUT2D eigenvalue weighted by Crippen LogP contribution is 2.37. The molecule has 0 fully saturated rings. The number of anilines is 1. The summed E-state index contributed by atoms with van der Waals surface area (Å²) in [5, 5.41) is 11.6. The Bertz CT molecular complexity index is 1250. The molecule has 0 aliphatic heterocycles. The Labute approximate surface area is 196 Å². The van der Waals surface area contributed by atoms with E-state index in [9.17, 15) is 18.3 Å². The molecule has 32 heavy (non-hydrogen) atoms. The van der Waals surface area contributed by atoms with Crippen LogP contribution in [0.2, 0.25) is 10.0 Å². The molecule has 168 valence electrons. The number of hydrogen-bond donors (Lipinski definition) is 2. The number of primary amides is 1. The number of amides is 1. The second kappa shape index (κ2) is 9.79. The molecule has 0 spiro atoms. The van der Waals surface area contributed by atoms with Gasteiger partial charge in [0.05, 0.1) is 17.7 Å². The van der Waals surface area contributed by atoms with Gasteiger partial charge in [-0.1, -0.05) is 47.5 Å². The summed E-state index contributed by atoms with van der Waals surface area (Å²) in [4.78, 5) is 11.7. The zero-order valence-corrected chi connectivity index (χ0v) is 19.2. The Morgan fingerprint density at radius 1 is 1.06 bits per heavy atom. The first kappa shape index (κ1) is 23.9. The highest BCUT2D eigenvalue weighted by molar-refractivity contribution is 7.92. The van der Waals surface area contributed by atoms with Gasteiger partial charge in [-0.15, -0.1) is 0 Å². The van der Waals surface area contributed by atoms with Gasteiger partial charge in [-0.25, -0.2) is 8.42 Å². The van der Waals surface area contributed by atoms with E-state index in [-0.39, 0.29) is 26.2 Å². The largest absolute Gasteiger partial charge is 0.497 e. The van der Waals surface area contributed by atoms with Crippen LogP contribution in [0.4, 0.5) is 5.69 Å². The third kappa shape index (κ3) is 4.99. The van der Waals surface area contributed by atoms with Gasteiger partial charge in [-0.2, -0.15) is 0 Å². The van der Waals surface area contributed by atoms with E-state index in [1.165, 1.54) is 43.5 Å². The first-order valence-electron chi connectivity index (χ1n) is 9.32. The van der Waals surface area contributed by atoms with Gasteiger partial charge in [0.2, 0.25) is 5.91 Å². The summed E-state index contributed by atoms with van der Waals surface area (Å²) >= 11 is 12.4. The first-order valence-corrected chi connectivity index (χ1v) is 11.5. The third-order valence-corrected chi connectivity index (χ3v) is 7.02. The quantitative estimate of drug-likeness (QED) is 0.495. The van der Waals surface area contributed by atoms with Crippen LogP contribution in [-0.2, 0) is 14.8 Å². The summed E-state index contributed by atoms with van der Waals surface area (Å²) in [5.74, 6) is -0.567. The number of ether oxygens (including phenoxy) is 1. The molecular weight excluding hydrogens is 475 g/mol.